The summed E-state index contributed by atoms with van der Waals surface area (Å²) in [4.78, 5) is 19.6. The Morgan fingerprint density at radius 1 is 0.923 bits per heavy atom. The van der Waals surface area contributed by atoms with Crippen LogP contribution in [0, 0.1) is 13.8 Å². The molecule has 2 heterocycles. The Bertz CT molecular complexity index is 641. The Labute approximate surface area is 157 Å². The summed E-state index contributed by atoms with van der Waals surface area (Å²) in [6.07, 6.45) is 4.96. The highest BCUT2D eigenvalue weighted by Crippen LogP contribution is 2.29. The van der Waals surface area contributed by atoms with Gasteiger partial charge in [0.25, 0.3) is 0 Å². The van der Waals surface area contributed by atoms with Crippen LogP contribution in [-0.2, 0) is 0 Å². The van der Waals surface area contributed by atoms with Crippen molar-refractivity contribution in [3.63, 3.8) is 0 Å². The van der Waals surface area contributed by atoms with Gasteiger partial charge in [0.1, 0.15) is 0 Å². The number of nitrogens with one attached hydrogen (secondary N) is 1. The number of carbonyl (C=O) groups is 1. The molecule has 2 saturated heterocycles. The van der Waals surface area contributed by atoms with Gasteiger partial charge in [-0.05, 0) is 62.8 Å². The van der Waals surface area contributed by atoms with Crippen LogP contribution >= 0.6 is 0 Å². The van der Waals surface area contributed by atoms with E-state index >= 15 is 0 Å². The monoisotopic (exact) mass is 356 g/mol. The number of urea groups is 1. The fraction of sp³-hybridized carbons (Fsp3) is 0.667. The zero-order valence-electron chi connectivity index (χ0n) is 16.2. The van der Waals surface area contributed by atoms with Gasteiger partial charge in [-0.1, -0.05) is 6.07 Å². The molecule has 0 spiro atoms. The lowest BCUT2D eigenvalue weighted by atomic mass is 10.1. The molecule has 1 aromatic rings. The third kappa shape index (κ3) is 3.98. The second-order valence-electron chi connectivity index (χ2n) is 8.23. The van der Waals surface area contributed by atoms with Crippen LogP contribution in [0.3, 0.4) is 0 Å². The fourth-order valence-corrected chi connectivity index (χ4v) is 4.20. The Hall–Kier alpha value is -1.75. The molecule has 3 fully saturated rings. The van der Waals surface area contributed by atoms with Gasteiger partial charge in [0.15, 0.2) is 0 Å². The first kappa shape index (κ1) is 17.7. The van der Waals surface area contributed by atoms with Gasteiger partial charge < -0.3 is 20.0 Å². The largest absolute Gasteiger partial charge is 0.368 e. The molecule has 1 N–H and O–H groups in total. The molecule has 1 saturated carbocycles. The number of piperidine rings is 1. The van der Waals surface area contributed by atoms with Crippen LogP contribution in [0.25, 0.3) is 0 Å². The predicted molar refractivity (Wildman–Crippen MR) is 106 cm³/mol. The van der Waals surface area contributed by atoms with Gasteiger partial charge in [0.05, 0.1) is 0 Å². The van der Waals surface area contributed by atoms with Gasteiger partial charge in [-0.25, -0.2) is 4.79 Å². The highest BCUT2D eigenvalue weighted by molar-refractivity contribution is 5.75. The van der Waals surface area contributed by atoms with Gasteiger partial charge in [-0.2, -0.15) is 0 Å². The third-order valence-corrected chi connectivity index (χ3v) is 6.34. The second-order valence-corrected chi connectivity index (χ2v) is 8.23. The molecule has 1 aliphatic carbocycles. The van der Waals surface area contributed by atoms with E-state index in [1.807, 2.05) is 4.90 Å². The minimum Gasteiger partial charge on any atom is -0.368 e. The van der Waals surface area contributed by atoms with Gasteiger partial charge in [0.2, 0.25) is 0 Å². The maximum absolute atomic E-state index is 12.6. The van der Waals surface area contributed by atoms with Crippen LogP contribution in [0.1, 0.15) is 36.8 Å². The molecule has 1 aromatic carbocycles. The van der Waals surface area contributed by atoms with E-state index in [1.54, 1.807) is 0 Å². The molecule has 142 valence electrons. The van der Waals surface area contributed by atoms with E-state index in [4.69, 9.17) is 0 Å². The summed E-state index contributed by atoms with van der Waals surface area (Å²) in [5.41, 5.74) is 3.94. The smallest absolute Gasteiger partial charge is 0.317 e. The lowest BCUT2D eigenvalue weighted by Gasteiger charge is -2.38. The second kappa shape index (κ2) is 7.47. The van der Waals surface area contributed by atoms with Crippen molar-refractivity contribution < 1.29 is 4.79 Å². The summed E-state index contributed by atoms with van der Waals surface area (Å²) in [7, 11) is 0. The summed E-state index contributed by atoms with van der Waals surface area (Å²) in [5.74, 6) is 0. The quantitative estimate of drug-likeness (QED) is 0.905. The molecule has 5 nitrogen and oxygen atoms in total. The predicted octanol–water partition coefficient (Wildman–Crippen LogP) is 2.76. The third-order valence-electron chi connectivity index (χ3n) is 6.34. The number of benzene rings is 1. The van der Waals surface area contributed by atoms with E-state index in [2.05, 4.69) is 47.2 Å². The number of amides is 2. The molecule has 0 bridgehead atoms. The van der Waals surface area contributed by atoms with Crippen molar-refractivity contribution in [3.8, 4) is 0 Å². The van der Waals surface area contributed by atoms with Crippen molar-refractivity contribution in [1.29, 1.82) is 0 Å². The van der Waals surface area contributed by atoms with Crippen molar-refractivity contribution in [2.24, 2.45) is 0 Å². The molecule has 5 heteroatoms. The van der Waals surface area contributed by atoms with Crippen molar-refractivity contribution in [2.75, 3.05) is 44.2 Å². The average molecular weight is 357 g/mol. The number of hydrogen-bond acceptors (Lipinski definition) is 3. The first-order valence-corrected chi connectivity index (χ1v) is 10.2. The van der Waals surface area contributed by atoms with Gasteiger partial charge in [-0.15, -0.1) is 0 Å². The van der Waals surface area contributed by atoms with E-state index in [0.717, 1.165) is 58.2 Å². The van der Waals surface area contributed by atoms with Crippen LogP contribution in [0.4, 0.5) is 10.5 Å². The lowest BCUT2D eigenvalue weighted by molar-refractivity contribution is 0.166. The first-order valence-electron chi connectivity index (χ1n) is 10.2. The normalized spacial score (nSPS) is 22.5. The highest BCUT2D eigenvalue weighted by Gasteiger charge is 2.32. The van der Waals surface area contributed by atoms with Crippen LogP contribution in [0.2, 0.25) is 0 Å². The van der Waals surface area contributed by atoms with Crippen LogP contribution in [0.15, 0.2) is 18.2 Å². The van der Waals surface area contributed by atoms with Crippen LogP contribution < -0.4 is 10.2 Å². The number of hydrogen-bond donors (Lipinski definition) is 1. The van der Waals surface area contributed by atoms with Crippen LogP contribution in [0.5, 0.6) is 0 Å². The van der Waals surface area contributed by atoms with E-state index in [-0.39, 0.29) is 6.03 Å². The zero-order chi connectivity index (χ0) is 18.1. The van der Waals surface area contributed by atoms with Crippen molar-refractivity contribution in [3.05, 3.63) is 29.3 Å². The van der Waals surface area contributed by atoms with Crippen molar-refractivity contribution in [1.82, 2.24) is 15.1 Å². The number of anilines is 1. The zero-order valence-corrected chi connectivity index (χ0v) is 16.2. The number of rotatable bonds is 3. The Kier molecular flexibility index (Phi) is 5.07. The van der Waals surface area contributed by atoms with Crippen LogP contribution in [-0.4, -0.2) is 67.2 Å². The number of likely N-dealkylation sites (tertiary alicyclic amines) is 1. The molecule has 0 aromatic heterocycles. The fourth-order valence-electron chi connectivity index (χ4n) is 4.20. The summed E-state index contributed by atoms with van der Waals surface area (Å²) in [5, 5.41) is 3.28. The minimum absolute atomic E-state index is 0.134. The summed E-state index contributed by atoms with van der Waals surface area (Å²) in [6.45, 7) is 10.0. The molecule has 4 rings (SSSR count). The SMILES string of the molecule is Cc1ccc(N2CCN(C(=O)NC3CCN(C4CC4)CC3)CC2)cc1C. The number of carbonyl (C=O) groups excluding carboxylic acids is 1. The molecule has 2 aliphatic heterocycles. The maximum atomic E-state index is 12.6. The lowest BCUT2D eigenvalue weighted by Crippen LogP contribution is -2.55. The van der Waals surface area contributed by atoms with E-state index < -0.39 is 0 Å². The number of nitrogens with zero attached hydrogens (tertiary/aromatic N) is 3. The van der Waals surface area contributed by atoms with Crippen molar-refractivity contribution >= 4 is 11.7 Å². The standard InChI is InChI=1S/C21H32N4O/c1-16-3-4-20(15-17(16)2)24-11-13-25(14-12-24)21(26)22-18-7-9-23(10-8-18)19-5-6-19/h3-4,15,18-19H,5-14H2,1-2H3,(H,22,26). The number of aryl methyl sites for hydroxylation is 2. The van der Waals surface area contributed by atoms with E-state index in [0.29, 0.717) is 6.04 Å². The Morgan fingerprint density at radius 2 is 1.62 bits per heavy atom. The molecule has 0 atom stereocenters. The molecule has 0 unspecified atom stereocenters. The van der Waals surface area contributed by atoms with E-state index in [1.165, 1.54) is 29.7 Å². The van der Waals surface area contributed by atoms with Crippen molar-refractivity contribution in [2.45, 2.75) is 51.6 Å². The average Bonchev–Trinajstić information content (AvgIpc) is 3.50. The molecule has 3 aliphatic rings. The molecule has 26 heavy (non-hydrogen) atoms. The van der Waals surface area contributed by atoms with Gasteiger partial charge in [-0.3, -0.25) is 0 Å². The summed E-state index contributed by atoms with van der Waals surface area (Å²) < 4.78 is 0. The summed E-state index contributed by atoms with van der Waals surface area (Å²) >= 11 is 0. The topological polar surface area (TPSA) is 38.8 Å². The minimum atomic E-state index is 0.134. The molecule has 0 radical (unpaired) electrons. The highest BCUT2D eigenvalue weighted by atomic mass is 16.2. The molecule has 2 amide bonds. The Balaban J connectivity index is 1.23. The maximum Gasteiger partial charge on any atom is 0.317 e. The molecular weight excluding hydrogens is 324 g/mol. The first-order chi connectivity index (χ1) is 12.6. The molecular formula is C21H32N4O. The van der Waals surface area contributed by atoms with Gasteiger partial charge >= 0.3 is 6.03 Å². The number of piperazine rings is 1. The summed E-state index contributed by atoms with van der Waals surface area (Å²) in [6, 6.07) is 8.00. The van der Waals surface area contributed by atoms with Gasteiger partial charge in [0, 0.05) is 57.0 Å². The Morgan fingerprint density at radius 3 is 2.23 bits per heavy atom. The van der Waals surface area contributed by atoms with E-state index in [9.17, 15) is 4.79 Å².